The average molecular weight is 357 g/mol. The summed E-state index contributed by atoms with van der Waals surface area (Å²) in [5.41, 5.74) is 0.926. The summed E-state index contributed by atoms with van der Waals surface area (Å²) in [6.45, 7) is 1.11. The highest BCUT2D eigenvalue weighted by Crippen LogP contribution is 2.32. The molecule has 1 saturated carbocycles. The largest absolute Gasteiger partial charge is 0.373 e. The summed E-state index contributed by atoms with van der Waals surface area (Å²) < 4.78 is 11.9. The first kappa shape index (κ1) is 17.5. The van der Waals surface area contributed by atoms with Gasteiger partial charge in [-0.25, -0.2) is 4.79 Å². The van der Waals surface area contributed by atoms with Gasteiger partial charge < -0.3 is 20.1 Å². The van der Waals surface area contributed by atoms with Crippen LogP contribution in [0.15, 0.2) is 30.5 Å². The van der Waals surface area contributed by atoms with Gasteiger partial charge in [0.2, 0.25) is 0 Å². The van der Waals surface area contributed by atoms with Crippen LogP contribution < -0.4 is 10.6 Å². The van der Waals surface area contributed by atoms with E-state index in [9.17, 15) is 4.79 Å². The number of nitrogens with zero attached hydrogens (tertiary/aromatic N) is 1. The Balaban J connectivity index is 1.29. The number of hydrogen-bond acceptors (Lipinski definition) is 4. The lowest BCUT2D eigenvalue weighted by Crippen LogP contribution is -2.50. The second kappa shape index (κ2) is 8.18. The van der Waals surface area contributed by atoms with Crippen molar-refractivity contribution < 1.29 is 14.3 Å². The summed E-state index contributed by atoms with van der Waals surface area (Å²) in [5.74, 6) is 0.190. The smallest absolute Gasteiger partial charge is 0.315 e. The fraction of sp³-hybridized carbons (Fsp3) is 0.600. The number of urea groups is 1. The highest BCUT2D eigenvalue weighted by Gasteiger charge is 2.47. The number of carbonyl (C=O) groups excluding carboxylic acids is 1. The van der Waals surface area contributed by atoms with Crippen LogP contribution in [-0.2, 0) is 9.47 Å². The van der Waals surface area contributed by atoms with E-state index in [0.717, 1.165) is 18.5 Å². The summed E-state index contributed by atoms with van der Waals surface area (Å²) in [4.78, 5) is 16.6. The molecule has 26 heavy (non-hydrogen) atoms. The van der Waals surface area contributed by atoms with Gasteiger partial charge in [-0.2, -0.15) is 0 Å². The van der Waals surface area contributed by atoms with Gasteiger partial charge in [0.15, 0.2) is 0 Å². The van der Waals surface area contributed by atoms with Crippen LogP contribution in [0.25, 0.3) is 6.08 Å². The van der Waals surface area contributed by atoms with Crippen LogP contribution in [-0.4, -0.2) is 48.5 Å². The zero-order chi connectivity index (χ0) is 17.8. The van der Waals surface area contributed by atoms with Crippen molar-refractivity contribution in [2.24, 2.45) is 5.92 Å². The van der Waals surface area contributed by atoms with E-state index in [2.05, 4.69) is 21.7 Å². The number of fused-ring (bicyclic) bond motifs is 1. The molecule has 6 nitrogen and oxygen atoms in total. The van der Waals surface area contributed by atoms with Gasteiger partial charge >= 0.3 is 6.03 Å². The molecule has 0 spiro atoms. The summed E-state index contributed by atoms with van der Waals surface area (Å²) in [7, 11) is 0. The second-order valence-electron chi connectivity index (χ2n) is 7.43. The molecule has 0 unspecified atom stereocenters. The number of hydrogen-bond donors (Lipinski definition) is 2. The summed E-state index contributed by atoms with van der Waals surface area (Å²) in [6, 6.07) is 5.97. The lowest BCUT2D eigenvalue weighted by molar-refractivity contribution is 0.0661. The fourth-order valence-corrected chi connectivity index (χ4v) is 4.16. The first-order valence-electron chi connectivity index (χ1n) is 9.69. The molecule has 4 atom stereocenters. The van der Waals surface area contributed by atoms with Gasteiger partial charge in [0.05, 0.1) is 31.1 Å². The Kier molecular flexibility index (Phi) is 5.51. The molecule has 3 aliphatic rings. The number of rotatable bonds is 4. The molecule has 0 aromatic carbocycles. The molecule has 0 radical (unpaired) electrons. The van der Waals surface area contributed by atoms with E-state index < -0.39 is 0 Å². The van der Waals surface area contributed by atoms with E-state index in [1.165, 1.54) is 19.3 Å². The summed E-state index contributed by atoms with van der Waals surface area (Å²) >= 11 is 0. The van der Waals surface area contributed by atoms with Gasteiger partial charge in [0, 0.05) is 18.2 Å². The maximum Gasteiger partial charge on any atom is 0.315 e. The SMILES string of the molecule is O=C(NC1CCCCC1)N[C@H]1CO[C@H]2[C@@H]1OC[C@@H]2C=Cc1ccccn1. The Bertz CT molecular complexity index is 630. The molecule has 4 rings (SSSR count). The third kappa shape index (κ3) is 4.07. The van der Waals surface area contributed by atoms with Crippen molar-refractivity contribution in [1.82, 2.24) is 15.6 Å². The molecule has 2 amide bonds. The van der Waals surface area contributed by atoms with Gasteiger partial charge in [-0.1, -0.05) is 31.4 Å². The topological polar surface area (TPSA) is 72.5 Å². The van der Waals surface area contributed by atoms with Crippen molar-refractivity contribution in [3.8, 4) is 0 Å². The standard InChI is InChI=1S/C20H27N3O3/c24-20(22-16-7-2-1-3-8-16)23-17-13-26-18-14(12-25-19(17)18)9-10-15-6-4-5-11-21-15/h4-6,9-11,14,16-19H,1-3,7-8,12-13H2,(H2,22,23,24)/t14-,17-,18+,19+/m0/s1. The maximum absolute atomic E-state index is 12.3. The highest BCUT2D eigenvalue weighted by atomic mass is 16.6. The lowest BCUT2D eigenvalue weighted by atomic mass is 9.96. The second-order valence-corrected chi connectivity index (χ2v) is 7.43. The normalized spacial score (nSPS) is 31.8. The molecule has 3 fully saturated rings. The lowest BCUT2D eigenvalue weighted by Gasteiger charge is -2.24. The number of aromatic nitrogens is 1. The van der Waals surface area contributed by atoms with Gasteiger partial charge in [-0.15, -0.1) is 0 Å². The third-order valence-corrected chi connectivity index (χ3v) is 5.55. The predicted octanol–water partition coefficient (Wildman–Crippen LogP) is 2.51. The number of ether oxygens (including phenoxy) is 2. The van der Waals surface area contributed by atoms with Gasteiger partial charge in [0.1, 0.15) is 6.10 Å². The number of pyridine rings is 1. The van der Waals surface area contributed by atoms with Crippen molar-refractivity contribution in [2.45, 2.75) is 56.4 Å². The quantitative estimate of drug-likeness (QED) is 0.868. The van der Waals surface area contributed by atoms with Gasteiger partial charge in [-0.05, 0) is 31.1 Å². The molecule has 2 saturated heterocycles. The highest BCUT2D eigenvalue weighted by molar-refractivity contribution is 5.74. The molecule has 3 heterocycles. The summed E-state index contributed by atoms with van der Waals surface area (Å²) in [5, 5.41) is 6.16. The van der Waals surface area contributed by atoms with E-state index in [4.69, 9.17) is 9.47 Å². The molecule has 2 N–H and O–H groups in total. The zero-order valence-electron chi connectivity index (χ0n) is 15.0. The van der Waals surface area contributed by atoms with Gasteiger partial charge in [-0.3, -0.25) is 4.98 Å². The van der Waals surface area contributed by atoms with Crippen molar-refractivity contribution >= 4 is 12.1 Å². The van der Waals surface area contributed by atoms with Crippen LogP contribution in [0.5, 0.6) is 0 Å². The predicted molar refractivity (Wildman–Crippen MR) is 98.6 cm³/mol. The third-order valence-electron chi connectivity index (χ3n) is 5.55. The molecular weight excluding hydrogens is 330 g/mol. The molecule has 2 aliphatic heterocycles. The van der Waals surface area contributed by atoms with Crippen molar-refractivity contribution in [3.05, 3.63) is 36.2 Å². The maximum atomic E-state index is 12.3. The first-order valence-corrected chi connectivity index (χ1v) is 9.69. The minimum absolute atomic E-state index is 0.00468. The zero-order valence-corrected chi connectivity index (χ0v) is 15.0. The number of amides is 2. The Labute approximate surface area is 154 Å². The fourth-order valence-electron chi connectivity index (χ4n) is 4.16. The van der Waals surface area contributed by atoms with Crippen LogP contribution in [0.3, 0.4) is 0 Å². The Morgan fingerprint density at radius 3 is 2.73 bits per heavy atom. The first-order chi connectivity index (χ1) is 12.8. The van der Waals surface area contributed by atoms with Crippen LogP contribution in [0, 0.1) is 5.92 Å². The van der Waals surface area contributed by atoms with E-state index in [1.54, 1.807) is 6.20 Å². The molecule has 140 valence electrons. The van der Waals surface area contributed by atoms with E-state index in [-0.39, 0.29) is 30.2 Å². The number of nitrogens with one attached hydrogen (secondary N) is 2. The minimum Gasteiger partial charge on any atom is -0.373 e. The van der Waals surface area contributed by atoms with E-state index in [0.29, 0.717) is 19.3 Å². The molecule has 6 heteroatoms. The van der Waals surface area contributed by atoms with Crippen LogP contribution in [0.4, 0.5) is 4.79 Å². The monoisotopic (exact) mass is 357 g/mol. The van der Waals surface area contributed by atoms with Crippen molar-refractivity contribution in [3.63, 3.8) is 0 Å². The average Bonchev–Trinajstić information content (AvgIpc) is 3.25. The van der Waals surface area contributed by atoms with Crippen LogP contribution >= 0.6 is 0 Å². The molecular formula is C20H27N3O3. The van der Waals surface area contributed by atoms with Crippen LogP contribution in [0.2, 0.25) is 0 Å². The molecule has 1 aromatic rings. The Hall–Kier alpha value is -1.92. The number of carbonyl (C=O) groups is 1. The van der Waals surface area contributed by atoms with Crippen molar-refractivity contribution in [2.75, 3.05) is 13.2 Å². The van der Waals surface area contributed by atoms with Gasteiger partial charge in [0.25, 0.3) is 0 Å². The summed E-state index contributed by atoms with van der Waals surface area (Å²) in [6.07, 6.45) is 11.7. The van der Waals surface area contributed by atoms with E-state index >= 15 is 0 Å². The molecule has 0 bridgehead atoms. The van der Waals surface area contributed by atoms with Crippen molar-refractivity contribution in [1.29, 1.82) is 0 Å². The Morgan fingerprint density at radius 1 is 1.08 bits per heavy atom. The van der Waals surface area contributed by atoms with Crippen LogP contribution in [0.1, 0.15) is 37.8 Å². The minimum atomic E-state index is -0.0952. The molecule has 1 aliphatic carbocycles. The van der Waals surface area contributed by atoms with E-state index in [1.807, 2.05) is 24.3 Å². The molecule has 1 aromatic heterocycles. The Morgan fingerprint density at radius 2 is 1.92 bits per heavy atom.